The predicted molar refractivity (Wildman–Crippen MR) is 134 cm³/mol. The van der Waals surface area contributed by atoms with Crippen molar-refractivity contribution in [2.45, 2.75) is 32.9 Å². The Morgan fingerprint density at radius 1 is 1.12 bits per heavy atom. The molecule has 6 nitrogen and oxygen atoms in total. The maximum Gasteiger partial charge on any atom is 0.338 e. The number of aromatic nitrogens is 1. The molecule has 0 fully saturated rings. The van der Waals surface area contributed by atoms with Crippen molar-refractivity contribution in [1.82, 2.24) is 4.57 Å². The summed E-state index contributed by atoms with van der Waals surface area (Å²) >= 11 is 1.30. The second-order valence-electron chi connectivity index (χ2n) is 8.10. The smallest absolute Gasteiger partial charge is 0.338 e. The zero-order valence-corrected chi connectivity index (χ0v) is 20.3. The van der Waals surface area contributed by atoms with Crippen LogP contribution in [0.15, 0.2) is 81.7 Å². The van der Waals surface area contributed by atoms with Gasteiger partial charge < -0.3 is 9.47 Å². The van der Waals surface area contributed by atoms with E-state index in [4.69, 9.17) is 9.47 Å². The highest BCUT2D eigenvalue weighted by atomic mass is 32.1. The van der Waals surface area contributed by atoms with E-state index in [2.05, 4.69) is 4.99 Å². The van der Waals surface area contributed by atoms with Crippen molar-refractivity contribution in [3.05, 3.63) is 103 Å². The third-order valence-electron chi connectivity index (χ3n) is 5.35. The Bertz CT molecular complexity index is 1430. The summed E-state index contributed by atoms with van der Waals surface area (Å²) in [5, 5.41) is 0. The van der Waals surface area contributed by atoms with Crippen LogP contribution in [0.4, 0.5) is 0 Å². The number of benzene rings is 2. The van der Waals surface area contributed by atoms with Crippen LogP contribution in [0, 0.1) is 0 Å². The number of carbonyl (C=O) groups excluding carboxylic acids is 1. The van der Waals surface area contributed by atoms with Crippen LogP contribution in [0.1, 0.15) is 37.9 Å². The van der Waals surface area contributed by atoms with Gasteiger partial charge in [-0.3, -0.25) is 9.36 Å². The predicted octanol–water partition coefficient (Wildman–Crippen LogP) is 3.86. The molecule has 0 spiro atoms. The molecule has 0 aliphatic carbocycles. The number of rotatable bonds is 6. The highest BCUT2D eigenvalue weighted by Gasteiger charge is 2.33. The molecule has 3 aromatic rings. The number of hydrogen-bond donors (Lipinski definition) is 0. The van der Waals surface area contributed by atoms with Crippen LogP contribution in [-0.2, 0) is 9.53 Å². The quantitative estimate of drug-likeness (QED) is 0.509. The number of carbonyl (C=O) groups is 1. The Balaban J connectivity index is 1.85. The summed E-state index contributed by atoms with van der Waals surface area (Å²) in [6, 6.07) is 16.6. The Morgan fingerprint density at radius 3 is 2.47 bits per heavy atom. The van der Waals surface area contributed by atoms with Crippen molar-refractivity contribution in [1.29, 1.82) is 0 Å². The maximum atomic E-state index is 13.5. The van der Waals surface area contributed by atoms with E-state index in [1.165, 1.54) is 11.3 Å². The van der Waals surface area contributed by atoms with Crippen molar-refractivity contribution in [2.24, 2.45) is 4.99 Å². The molecular weight excluding hydrogens is 448 g/mol. The summed E-state index contributed by atoms with van der Waals surface area (Å²) in [6.07, 6.45) is 5.28. The fourth-order valence-electron chi connectivity index (χ4n) is 3.79. The first-order valence-electron chi connectivity index (χ1n) is 11.0. The molecule has 2 heterocycles. The van der Waals surface area contributed by atoms with Crippen molar-refractivity contribution in [2.75, 3.05) is 7.11 Å². The minimum atomic E-state index is -0.645. The molecule has 1 aliphatic rings. The summed E-state index contributed by atoms with van der Waals surface area (Å²) in [7, 11) is 1.59. The summed E-state index contributed by atoms with van der Waals surface area (Å²) in [5.41, 5.74) is 2.51. The van der Waals surface area contributed by atoms with Crippen molar-refractivity contribution >= 4 is 29.5 Å². The molecular formula is C27H26N2O4S. The number of esters is 1. The Kier molecular flexibility index (Phi) is 6.93. The van der Waals surface area contributed by atoms with Gasteiger partial charge in [0.2, 0.25) is 0 Å². The van der Waals surface area contributed by atoms with E-state index in [1.54, 1.807) is 38.5 Å². The molecule has 0 bridgehead atoms. The largest absolute Gasteiger partial charge is 0.497 e. The molecule has 4 rings (SSSR count). The summed E-state index contributed by atoms with van der Waals surface area (Å²) in [5.74, 6) is 0.213. The van der Waals surface area contributed by atoms with Gasteiger partial charge in [0.1, 0.15) is 5.75 Å². The number of ether oxygens (including phenoxy) is 2. The monoisotopic (exact) mass is 474 g/mol. The molecule has 1 aliphatic heterocycles. The van der Waals surface area contributed by atoms with Gasteiger partial charge in [-0.1, -0.05) is 66.0 Å². The van der Waals surface area contributed by atoms with Crippen LogP contribution in [-0.4, -0.2) is 23.8 Å². The third kappa shape index (κ3) is 4.79. The normalized spacial score (nSPS) is 16.0. The maximum absolute atomic E-state index is 13.5. The summed E-state index contributed by atoms with van der Waals surface area (Å²) < 4.78 is 12.9. The van der Waals surface area contributed by atoms with Crippen LogP contribution < -0.4 is 19.6 Å². The highest BCUT2D eigenvalue weighted by Crippen LogP contribution is 2.31. The number of thiazole rings is 1. The second kappa shape index (κ2) is 10.1. The summed E-state index contributed by atoms with van der Waals surface area (Å²) in [4.78, 5) is 31.7. The van der Waals surface area contributed by atoms with E-state index >= 15 is 0 Å². The zero-order chi connectivity index (χ0) is 24.2. The van der Waals surface area contributed by atoms with Gasteiger partial charge in [-0.2, -0.15) is 0 Å². The van der Waals surface area contributed by atoms with Gasteiger partial charge in [-0.05, 0) is 50.1 Å². The van der Waals surface area contributed by atoms with E-state index in [0.29, 0.717) is 26.4 Å². The highest BCUT2D eigenvalue weighted by molar-refractivity contribution is 7.07. The number of methoxy groups -OCH3 is 1. The van der Waals surface area contributed by atoms with Crippen molar-refractivity contribution < 1.29 is 14.3 Å². The molecule has 0 amide bonds. The first kappa shape index (κ1) is 23.4. The van der Waals surface area contributed by atoms with Crippen molar-refractivity contribution in [3.63, 3.8) is 0 Å². The third-order valence-corrected chi connectivity index (χ3v) is 6.35. The second-order valence-corrected chi connectivity index (χ2v) is 9.11. The van der Waals surface area contributed by atoms with Crippen LogP contribution in [0.5, 0.6) is 5.75 Å². The first-order valence-corrected chi connectivity index (χ1v) is 11.8. The molecule has 1 unspecified atom stereocenters. The minimum absolute atomic E-state index is 0.204. The number of fused-ring (bicyclic) bond motifs is 1. The lowest BCUT2D eigenvalue weighted by molar-refractivity contribution is -0.143. The number of nitrogens with zero attached hydrogens (tertiary/aromatic N) is 2. The number of allylic oxidation sites excluding steroid dienone is 2. The standard InChI is InChI=1S/C27H26N2O4S/c1-17(2)33-26(31)23-18(3)28-27-29(24(23)20-13-15-21(32-4)16-14-20)25(30)22(34-27)12-8-11-19-9-6-5-7-10-19/h5-17,24H,1-4H3/b11-8+,22-12-. The van der Waals surface area contributed by atoms with Crippen molar-refractivity contribution in [3.8, 4) is 5.75 Å². The van der Waals surface area contributed by atoms with Gasteiger partial charge in [0.25, 0.3) is 5.56 Å². The van der Waals surface area contributed by atoms with Gasteiger partial charge in [-0.15, -0.1) is 0 Å². The molecule has 0 saturated heterocycles. The average Bonchev–Trinajstić information content (AvgIpc) is 3.13. The molecule has 1 aromatic heterocycles. The van der Waals surface area contributed by atoms with Crippen LogP contribution in [0.3, 0.4) is 0 Å². The van der Waals surface area contributed by atoms with E-state index in [0.717, 1.165) is 11.1 Å². The van der Waals surface area contributed by atoms with Gasteiger partial charge in [-0.25, -0.2) is 9.79 Å². The minimum Gasteiger partial charge on any atom is -0.497 e. The lowest BCUT2D eigenvalue weighted by Crippen LogP contribution is -2.40. The lowest BCUT2D eigenvalue weighted by atomic mass is 9.96. The fraction of sp³-hybridized carbons (Fsp3) is 0.222. The summed E-state index contributed by atoms with van der Waals surface area (Å²) in [6.45, 7) is 5.37. The van der Waals surface area contributed by atoms with Gasteiger partial charge in [0.15, 0.2) is 4.80 Å². The van der Waals surface area contributed by atoms with Crippen LogP contribution >= 0.6 is 11.3 Å². The fourth-order valence-corrected chi connectivity index (χ4v) is 4.78. The van der Waals surface area contributed by atoms with E-state index in [9.17, 15) is 9.59 Å². The van der Waals surface area contributed by atoms with Gasteiger partial charge in [0.05, 0.1) is 35.1 Å². The average molecular weight is 475 g/mol. The van der Waals surface area contributed by atoms with E-state index in [-0.39, 0.29) is 11.7 Å². The van der Waals surface area contributed by atoms with E-state index in [1.807, 2.05) is 66.7 Å². The zero-order valence-electron chi connectivity index (χ0n) is 19.5. The lowest BCUT2D eigenvalue weighted by Gasteiger charge is -2.25. The molecule has 0 N–H and O–H groups in total. The Hall–Kier alpha value is -3.71. The SMILES string of the molecule is COc1ccc(C2C(C(=O)OC(C)C)=C(C)N=c3s/c(=C\C=C\c4ccccc4)c(=O)n32)cc1. The Labute approximate surface area is 201 Å². The van der Waals surface area contributed by atoms with E-state index < -0.39 is 12.0 Å². The molecule has 34 heavy (non-hydrogen) atoms. The topological polar surface area (TPSA) is 69.9 Å². The first-order chi connectivity index (χ1) is 16.4. The van der Waals surface area contributed by atoms with Crippen LogP contribution in [0.25, 0.3) is 12.2 Å². The van der Waals surface area contributed by atoms with Gasteiger partial charge >= 0.3 is 5.97 Å². The molecule has 0 saturated carbocycles. The van der Waals surface area contributed by atoms with Gasteiger partial charge in [0, 0.05) is 0 Å². The van der Waals surface area contributed by atoms with Crippen LogP contribution in [0.2, 0.25) is 0 Å². The molecule has 1 atom stereocenters. The molecule has 7 heteroatoms. The molecule has 174 valence electrons. The Morgan fingerprint density at radius 2 is 1.82 bits per heavy atom. The molecule has 2 aromatic carbocycles. The molecule has 0 radical (unpaired) electrons. The number of hydrogen-bond acceptors (Lipinski definition) is 6.